The maximum absolute atomic E-state index is 10.2. The average Bonchev–Trinajstić information content (AvgIpc) is 2.66. The molecule has 0 heterocycles. The third-order valence-electron chi connectivity index (χ3n) is 5.21. The lowest BCUT2D eigenvalue weighted by atomic mass is 9.84. The molecule has 0 aromatic carbocycles. The minimum Gasteiger partial charge on any atom is -0.393 e. The molecule has 0 spiro atoms. The van der Waals surface area contributed by atoms with Gasteiger partial charge in [-0.2, -0.15) is 0 Å². The third kappa shape index (κ3) is 5.30. The molecule has 18 heavy (non-hydrogen) atoms. The van der Waals surface area contributed by atoms with Gasteiger partial charge >= 0.3 is 0 Å². The van der Waals surface area contributed by atoms with Gasteiger partial charge in [-0.15, -0.1) is 0 Å². The Hall–Kier alpha value is -0.0400. The van der Waals surface area contributed by atoms with Crippen molar-refractivity contribution in [3.8, 4) is 0 Å². The minimum atomic E-state index is -0.00461. The summed E-state index contributed by atoms with van der Waals surface area (Å²) in [4.78, 5) is 0. The largest absolute Gasteiger partial charge is 0.393 e. The van der Waals surface area contributed by atoms with E-state index in [-0.39, 0.29) is 6.10 Å². The smallest absolute Gasteiger partial charge is 0.0543 e. The number of hydrogen-bond acceptors (Lipinski definition) is 1. The van der Waals surface area contributed by atoms with E-state index in [1.165, 1.54) is 77.0 Å². The predicted molar refractivity (Wildman–Crippen MR) is 77.6 cm³/mol. The van der Waals surface area contributed by atoms with Crippen molar-refractivity contribution < 1.29 is 5.11 Å². The van der Waals surface area contributed by atoms with E-state index in [0.29, 0.717) is 0 Å². The summed E-state index contributed by atoms with van der Waals surface area (Å²) in [5.74, 6) is 1.76. The minimum absolute atomic E-state index is 0.00461. The summed E-state index contributed by atoms with van der Waals surface area (Å²) in [6.07, 6.45) is 19.0. The highest BCUT2D eigenvalue weighted by atomic mass is 16.3. The van der Waals surface area contributed by atoms with Crippen LogP contribution in [-0.2, 0) is 0 Å². The molecular formula is C17H32O. The monoisotopic (exact) mass is 252 g/mol. The molecule has 0 aromatic rings. The molecule has 1 heteroatoms. The molecule has 0 radical (unpaired) electrons. The fourth-order valence-electron chi connectivity index (χ4n) is 4.01. The lowest BCUT2D eigenvalue weighted by Crippen LogP contribution is -2.16. The zero-order valence-corrected chi connectivity index (χ0v) is 12.1. The molecule has 0 aliphatic heterocycles. The molecule has 2 aliphatic rings. The SMILES string of the molecule is OC(CCC1CCCCC1)CC1CCCCCC1. The molecule has 1 atom stereocenters. The Labute approximate surface area is 113 Å². The second kappa shape index (κ2) is 8.19. The van der Waals surface area contributed by atoms with Gasteiger partial charge in [0.25, 0.3) is 0 Å². The molecule has 2 fully saturated rings. The summed E-state index contributed by atoms with van der Waals surface area (Å²) in [5, 5.41) is 10.2. The van der Waals surface area contributed by atoms with Crippen molar-refractivity contribution in [2.75, 3.05) is 0 Å². The Bertz CT molecular complexity index is 200. The molecule has 0 aromatic heterocycles. The summed E-state index contributed by atoms with van der Waals surface area (Å²) in [6, 6.07) is 0. The molecule has 0 bridgehead atoms. The molecule has 0 saturated heterocycles. The second-order valence-corrected chi connectivity index (χ2v) is 6.83. The van der Waals surface area contributed by atoms with E-state index in [1.54, 1.807) is 0 Å². The van der Waals surface area contributed by atoms with Crippen molar-refractivity contribution >= 4 is 0 Å². The zero-order valence-electron chi connectivity index (χ0n) is 12.1. The van der Waals surface area contributed by atoms with Gasteiger partial charge in [0, 0.05) is 0 Å². The first-order valence-corrected chi connectivity index (χ1v) is 8.52. The van der Waals surface area contributed by atoms with Crippen LogP contribution in [0, 0.1) is 11.8 Å². The Morgan fingerprint density at radius 2 is 1.22 bits per heavy atom. The van der Waals surface area contributed by atoms with Gasteiger partial charge in [-0.3, -0.25) is 0 Å². The topological polar surface area (TPSA) is 20.2 Å². The van der Waals surface area contributed by atoms with Crippen LogP contribution in [0.4, 0.5) is 0 Å². The Balaban J connectivity index is 1.59. The highest BCUT2D eigenvalue weighted by Gasteiger charge is 2.19. The fraction of sp³-hybridized carbons (Fsp3) is 1.00. The molecule has 106 valence electrons. The lowest BCUT2D eigenvalue weighted by Gasteiger charge is -2.24. The molecule has 1 nitrogen and oxygen atoms in total. The van der Waals surface area contributed by atoms with Gasteiger partial charge in [0.05, 0.1) is 6.10 Å². The first kappa shape index (κ1) is 14.4. The molecule has 0 amide bonds. The Morgan fingerprint density at radius 1 is 0.722 bits per heavy atom. The van der Waals surface area contributed by atoms with Crippen LogP contribution in [0.2, 0.25) is 0 Å². The standard InChI is InChI=1S/C17H32O/c18-17(13-12-15-8-6-3-7-9-15)14-16-10-4-1-2-5-11-16/h15-18H,1-14H2. The van der Waals surface area contributed by atoms with E-state index in [2.05, 4.69) is 0 Å². The van der Waals surface area contributed by atoms with Crippen LogP contribution in [0.5, 0.6) is 0 Å². The van der Waals surface area contributed by atoms with Gasteiger partial charge in [0.2, 0.25) is 0 Å². The fourth-order valence-corrected chi connectivity index (χ4v) is 4.01. The Kier molecular flexibility index (Phi) is 6.54. The molecule has 1 unspecified atom stereocenters. The number of hydrogen-bond donors (Lipinski definition) is 1. The van der Waals surface area contributed by atoms with Crippen LogP contribution < -0.4 is 0 Å². The van der Waals surface area contributed by atoms with Crippen molar-refractivity contribution in [3.63, 3.8) is 0 Å². The van der Waals surface area contributed by atoms with E-state index < -0.39 is 0 Å². The van der Waals surface area contributed by atoms with Crippen molar-refractivity contribution in [2.45, 2.75) is 96.0 Å². The molecule has 2 saturated carbocycles. The van der Waals surface area contributed by atoms with Crippen LogP contribution in [0.25, 0.3) is 0 Å². The third-order valence-corrected chi connectivity index (χ3v) is 5.21. The summed E-state index contributed by atoms with van der Waals surface area (Å²) >= 11 is 0. The Morgan fingerprint density at radius 3 is 1.83 bits per heavy atom. The predicted octanol–water partition coefficient (Wildman–Crippen LogP) is 5.07. The van der Waals surface area contributed by atoms with Crippen LogP contribution in [-0.4, -0.2) is 11.2 Å². The number of rotatable bonds is 5. The van der Waals surface area contributed by atoms with Crippen molar-refractivity contribution in [1.29, 1.82) is 0 Å². The summed E-state index contributed by atoms with van der Waals surface area (Å²) in [6.45, 7) is 0. The van der Waals surface area contributed by atoms with E-state index in [4.69, 9.17) is 0 Å². The van der Waals surface area contributed by atoms with E-state index in [1.807, 2.05) is 0 Å². The normalized spacial score (nSPS) is 25.8. The molecular weight excluding hydrogens is 220 g/mol. The van der Waals surface area contributed by atoms with Crippen molar-refractivity contribution in [3.05, 3.63) is 0 Å². The van der Waals surface area contributed by atoms with Gasteiger partial charge in [-0.05, 0) is 31.1 Å². The highest BCUT2D eigenvalue weighted by molar-refractivity contribution is 4.72. The number of aliphatic hydroxyl groups is 1. The van der Waals surface area contributed by atoms with Crippen molar-refractivity contribution in [1.82, 2.24) is 0 Å². The van der Waals surface area contributed by atoms with Gasteiger partial charge < -0.3 is 5.11 Å². The molecule has 2 rings (SSSR count). The van der Waals surface area contributed by atoms with Gasteiger partial charge in [-0.1, -0.05) is 70.6 Å². The first-order valence-electron chi connectivity index (χ1n) is 8.52. The van der Waals surface area contributed by atoms with Crippen LogP contribution in [0.1, 0.15) is 89.9 Å². The maximum atomic E-state index is 10.2. The van der Waals surface area contributed by atoms with Crippen LogP contribution in [0.3, 0.4) is 0 Å². The van der Waals surface area contributed by atoms with Crippen LogP contribution in [0.15, 0.2) is 0 Å². The van der Waals surface area contributed by atoms with Gasteiger partial charge in [-0.25, -0.2) is 0 Å². The zero-order chi connectivity index (χ0) is 12.6. The highest BCUT2D eigenvalue weighted by Crippen LogP contribution is 2.30. The van der Waals surface area contributed by atoms with Crippen molar-refractivity contribution in [2.24, 2.45) is 11.8 Å². The summed E-state index contributed by atoms with van der Waals surface area (Å²) < 4.78 is 0. The average molecular weight is 252 g/mol. The second-order valence-electron chi connectivity index (χ2n) is 6.83. The van der Waals surface area contributed by atoms with E-state index >= 15 is 0 Å². The summed E-state index contributed by atoms with van der Waals surface area (Å²) in [5.41, 5.74) is 0. The van der Waals surface area contributed by atoms with Gasteiger partial charge in [0.1, 0.15) is 0 Å². The summed E-state index contributed by atoms with van der Waals surface area (Å²) in [7, 11) is 0. The van der Waals surface area contributed by atoms with E-state index in [0.717, 1.165) is 24.7 Å². The first-order chi connectivity index (χ1) is 8.84. The number of aliphatic hydroxyl groups excluding tert-OH is 1. The lowest BCUT2D eigenvalue weighted by molar-refractivity contribution is 0.117. The molecule has 1 N–H and O–H groups in total. The molecule has 2 aliphatic carbocycles. The van der Waals surface area contributed by atoms with E-state index in [9.17, 15) is 5.11 Å². The maximum Gasteiger partial charge on any atom is 0.0543 e. The quantitative estimate of drug-likeness (QED) is 0.677. The van der Waals surface area contributed by atoms with Crippen LogP contribution >= 0.6 is 0 Å². The van der Waals surface area contributed by atoms with Gasteiger partial charge in [0.15, 0.2) is 0 Å².